The molecule has 0 spiro atoms. The highest BCUT2D eigenvalue weighted by molar-refractivity contribution is 5.63. The molecular weight excluding hydrogens is 600 g/mol. The van der Waals surface area contributed by atoms with Crippen LogP contribution < -0.4 is 0 Å². The Morgan fingerprint density at radius 2 is 1.58 bits per heavy atom. The van der Waals surface area contributed by atoms with Crippen LogP contribution in [0.25, 0.3) is 0 Å². The van der Waals surface area contributed by atoms with Crippen LogP contribution >= 0.6 is 0 Å². The second kappa shape index (κ2) is 14.6. The van der Waals surface area contributed by atoms with Gasteiger partial charge in [-0.2, -0.15) is 0 Å². The minimum atomic E-state index is -1.14. The van der Waals surface area contributed by atoms with Gasteiger partial charge in [0.15, 0.2) is 0 Å². The molecule has 0 amide bonds. The van der Waals surface area contributed by atoms with E-state index in [-0.39, 0.29) is 46.3 Å². The summed E-state index contributed by atoms with van der Waals surface area (Å²) >= 11 is 0. The number of hydrogen-bond acceptors (Lipinski definition) is 6. The summed E-state index contributed by atoms with van der Waals surface area (Å²) in [6, 6.07) is 6.29. The minimum absolute atomic E-state index is 0.0374. The fraction of sp³-hybridized carbons (Fsp3) is 0.452. The molecule has 0 unspecified atom stereocenters. The van der Waals surface area contributed by atoms with E-state index < -0.39 is 11.5 Å². The van der Waals surface area contributed by atoms with Gasteiger partial charge in [-0.05, 0) is 134 Å². The first-order valence-corrected chi connectivity index (χ1v) is 17.4. The van der Waals surface area contributed by atoms with Crippen LogP contribution in [0.1, 0.15) is 113 Å². The number of phenols is 4. The zero-order valence-electron chi connectivity index (χ0n) is 28.9. The number of allylic oxidation sites excluding steroid dienone is 8. The molecule has 48 heavy (non-hydrogen) atoms. The van der Waals surface area contributed by atoms with Crippen LogP contribution in [0.15, 0.2) is 83.0 Å². The molecule has 0 fully saturated rings. The van der Waals surface area contributed by atoms with Crippen LogP contribution in [0.4, 0.5) is 0 Å². The van der Waals surface area contributed by atoms with Crippen LogP contribution in [0.2, 0.25) is 0 Å². The van der Waals surface area contributed by atoms with Crippen molar-refractivity contribution in [3.63, 3.8) is 0 Å². The number of rotatable bonds is 2. The van der Waals surface area contributed by atoms with Crippen molar-refractivity contribution in [1.82, 2.24) is 0 Å². The number of aldehydes is 1. The standard InChI is InChI=1S/C42H52O6/c1-25(2)35-12-11-26(3)9-7-13-42(24-43)32-15-28(5)16-39(46)37-23-38(45)30(21-40(37)47)14-27(4)8-6-10-29(17-32)18-33(42)19-31-20-34(44)22-36(35)41(31)48/h8-9,16-17,20-24,32-33,35,39,44-48H,1,6-7,10-15,18-19H2,2-5H3/b26-9+,27-8-,28-16+/t32-,33-,35+,39-,42+/m0/s1. The molecular formula is C42H52O6. The zero-order chi connectivity index (χ0) is 34.7. The summed E-state index contributed by atoms with van der Waals surface area (Å²) in [6.07, 6.45) is 15.1. The Bertz CT molecular complexity index is 1690. The number of carbonyl (C=O) groups excluding carboxylic acids is 1. The molecule has 6 rings (SSSR count). The summed E-state index contributed by atoms with van der Waals surface area (Å²) in [5, 5.41) is 55.4. The maximum atomic E-state index is 13.6. The van der Waals surface area contributed by atoms with E-state index in [1.54, 1.807) is 18.2 Å². The number of aliphatic hydroxyl groups excluding tert-OH is 1. The molecule has 0 heterocycles. The van der Waals surface area contributed by atoms with E-state index in [0.717, 1.165) is 55.1 Å². The lowest BCUT2D eigenvalue weighted by Crippen LogP contribution is -2.43. The van der Waals surface area contributed by atoms with Crippen LogP contribution in [0, 0.1) is 17.3 Å². The Kier molecular flexibility index (Phi) is 10.7. The molecule has 5 atom stereocenters. The Morgan fingerprint density at radius 1 is 0.833 bits per heavy atom. The maximum Gasteiger partial charge on any atom is 0.127 e. The lowest BCUT2D eigenvalue weighted by Gasteiger charge is -2.46. The highest BCUT2D eigenvalue weighted by Gasteiger charge is 2.47. The van der Waals surface area contributed by atoms with E-state index in [2.05, 4.69) is 31.7 Å². The Hall–Kier alpha value is -4.03. The monoisotopic (exact) mass is 652 g/mol. The third kappa shape index (κ3) is 7.49. The van der Waals surface area contributed by atoms with Gasteiger partial charge in [-0.1, -0.05) is 58.7 Å². The third-order valence-electron chi connectivity index (χ3n) is 11.1. The van der Waals surface area contributed by atoms with E-state index >= 15 is 0 Å². The highest BCUT2D eigenvalue weighted by atomic mass is 16.3. The van der Waals surface area contributed by atoms with Crippen molar-refractivity contribution >= 4 is 6.29 Å². The Morgan fingerprint density at radius 3 is 2.31 bits per heavy atom. The van der Waals surface area contributed by atoms with Crippen molar-refractivity contribution in [2.24, 2.45) is 17.3 Å². The smallest absolute Gasteiger partial charge is 0.127 e. The van der Waals surface area contributed by atoms with Gasteiger partial charge in [0.25, 0.3) is 0 Å². The number of hydrogen-bond donors (Lipinski definition) is 5. The van der Waals surface area contributed by atoms with Gasteiger partial charge in [0.1, 0.15) is 35.4 Å². The summed E-state index contributed by atoms with van der Waals surface area (Å²) in [5.41, 5.74) is 6.74. The van der Waals surface area contributed by atoms with Crippen molar-refractivity contribution < 1.29 is 30.3 Å². The average molecular weight is 653 g/mol. The van der Waals surface area contributed by atoms with Gasteiger partial charge in [0.2, 0.25) is 0 Å². The normalized spacial score (nSPS) is 30.4. The van der Waals surface area contributed by atoms with E-state index in [9.17, 15) is 30.3 Å². The first-order valence-electron chi connectivity index (χ1n) is 17.4. The SMILES string of the molecule is C=C(C)[C@H]1CC/C(C)=C/CC[C@]2(C=O)[C@@H](CC3=C[C@@H]2C/C(C)=C/[C@H](O)c2cc(O)c(cc2O)C/C(C)=C\CC3)Cc2cc(O)cc1c2O. The molecule has 6 bridgehead atoms. The molecule has 0 aromatic heterocycles. The molecule has 0 saturated heterocycles. The highest BCUT2D eigenvalue weighted by Crippen LogP contribution is 2.52. The fourth-order valence-electron chi connectivity index (χ4n) is 8.41. The predicted molar refractivity (Wildman–Crippen MR) is 191 cm³/mol. The summed E-state index contributed by atoms with van der Waals surface area (Å²) in [5.74, 6) is -0.166. The van der Waals surface area contributed by atoms with Crippen molar-refractivity contribution in [2.75, 3.05) is 0 Å². The predicted octanol–water partition coefficient (Wildman–Crippen LogP) is 9.33. The molecule has 0 radical (unpaired) electrons. The number of carbonyl (C=O) groups is 1. The average Bonchev–Trinajstić information content (AvgIpc) is 3.01. The van der Waals surface area contributed by atoms with E-state index in [4.69, 9.17) is 0 Å². The molecule has 2 aromatic carbocycles. The first-order chi connectivity index (χ1) is 22.8. The fourth-order valence-corrected chi connectivity index (χ4v) is 8.41. The topological polar surface area (TPSA) is 118 Å². The number of aliphatic hydroxyl groups is 1. The number of phenolic OH excluding ortho intramolecular Hbond substituents is 4. The maximum absolute atomic E-state index is 13.6. The van der Waals surface area contributed by atoms with Crippen molar-refractivity contribution in [1.29, 1.82) is 0 Å². The van der Waals surface area contributed by atoms with Crippen molar-refractivity contribution in [3.8, 4) is 23.0 Å². The van der Waals surface area contributed by atoms with Crippen molar-refractivity contribution in [3.05, 3.63) is 105 Å². The molecule has 6 heteroatoms. The number of benzene rings is 2. The summed E-state index contributed by atoms with van der Waals surface area (Å²) < 4.78 is 0. The van der Waals surface area contributed by atoms with E-state index in [0.29, 0.717) is 48.8 Å². The molecule has 0 aliphatic heterocycles. The van der Waals surface area contributed by atoms with Crippen LogP contribution in [0.3, 0.4) is 0 Å². The number of fused-ring (bicyclic) bond motifs is 10. The zero-order valence-corrected chi connectivity index (χ0v) is 28.9. The molecule has 0 saturated carbocycles. The van der Waals surface area contributed by atoms with Crippen LogP contribution in [0.5, 0.6) is 23.0 Å². The van der Waals surface area contributed by atoms with E-state index in [1.807, 2.05) is 20.8 Å². The molecule has 2 aromatic rings. The quantitative estimate of drug-likeness (QED) is 0.125. The molecule has 6 nitrogen and oxygen atoms in total. The summed E-state index contributed by atoms with van der Waals surface area (Å²) in [7, 11) is 0. The van der Waals surface area contributed by atoms with Gasteiger partial charge >= 0.3 is 0 Å². The largest absolute Gasteiger partial charge is 0.508 e. The van der Waals surface area contributed by atoms with Gasteiger partial charge in [0.05, 0.1) is 0 Å². The molecule has 5 N–H and O–H groups in total. The lowest BCUT2D eigenvalue weighted by molar-refractivity contribution is -0.123. The second-order valence-corrected chi connectivity index (χ2v) is 14.8. The van der Waals surface area contributed by atoms with E-state index in [1.165, 1.54) is 23.3 Å². The van der Waals surface area contributed by atoms with Gasteiger partial charge in [0, 0.05) is 28.0 Å². The lowest BCUT2D eigenvalue weighted by atomic mass is 9.56. The van der Waals surface area contributed by atoms with Crippen LogP contribution in [-0.4, -0.2) is 31.8 Å². The molecule has 256 valence electrons. The molecule has 4 aliphatic carbocycles. The third-order valence-corrected chi connectivity index (χ3v) is 11.1. The van der Waals surface area contributed by atoms with Crippen molar-refractivity contribution in [2.45, 2.75) is 104 Å². The Balaban J connectivity index is 1.64. The van der Waals surface area contributed by atoms with Gasteiger partial charge in [-0.15, -0.1) is 0 Å². The van der Waals surface area contributed by atoms with Gasteiger partial charge in [-0.3, -0.25) is 0 Å². The summed E-state index contributed by atoms with van der Waals surface area (Å²) in [4.78, 5) is 13.6. The first kappa shape index (κ1) is 35.3. The molecule has 4 aliphatic rings. The van der Waals surface area contributed by atoms with Crippen LogP contribution in [-0.2, 0) is 17.6 Å². The number of aromatic hydroxyl groups is 4. The minimum Gasteiger partial charge on any atom is -0.508 e. The second-order valence-electron chi connectivity index (χ2n) is 14.8. The Labute approximate surface area is 285 Å². The van der Waals surface area contributed by atoms with Gasteiger partial charge < -0.3 is 30.3 Å². The van der Waals surface area contributed by atoms with Gasteiger partial charge in [-0.25, -0.2) is 0 Å². The summed E-state index contributed by atoms with van der Waals surface area (Å²) in [6.45, 7) is 12.3.